The molecule has 4 heteroatoms. The molecule has 0 aliphatic heterocycles. The van der Waals surface area contributed by atoms with Crippen molar-refractivity contribution in [3.05, 3.63) is 0 Å². The number of hydrogen-bond donors (Lipinski definition) is 2. The van der Waals surface area contributed by atoms with E-state index in [0.717, 1.165) is 13.0 Å². The zero-order valence-electron chi connectivity index (χ0n) is 8.00. The van der Waals surface area contributed by atoms with Crippen molar-refractivity contribution in [3.8, 4) is 0 Å². The number of hydrogen-bond acceptors (Lipinski definition) is 3. The van der Waals surface area contributed by atoms with Gasteiger partial charge in [-0.3, -0.25) is 4.79 Å². The van der Waals surface area contributed by atoms with E-state index in [1.807, 2.05) is 19.0 Å². The summed E-state index contributed by atoms with van der Waals surface area (Å²) in [6.07, 6.45) is 1.18. The molecule has 0 aliphatic rings. The summed E-state index contributed by atoms with van der Waals surface area (Å²) in [6, 6.07) is 0. The summed E-state index contributed by atoms with van der Waals surface area (Å²) in [5.41, 5.74) is 3.63. The van der Waals surface area contributed by atoms with Crippen LogP contribution in [0.3, 0.4) is 0 Å². The topological polar surface area (TPSA) is 66.6 Å². The highest BCUT2D eigenvalue weighted by Gasteiger charge is 2.26. The molecule has 0 heterocycles. The fourth-order valence-corrected chi connectivity index (χ4v) is 0.863. The molecule has 0 radical (unpaired) electrons. The summed E-state index contributed by atoms with van der Waals surface area (Å²) in [5, 5.41) is 9.41. The molecule has 0 aliphatic carbocycles. The Bertz CT molecular complexity index is 155. The van der Waals surface area contributed by atoms with Crippen LogP contribution in [0.2, 0.25) is 0 Å². The van der Waals surface area contributed by atoms with Gasteiger partial charge in [-0.2, -0.15) is 0 Å². The smallest absolute Gasteiger partial charge is 0.249 e. The third-order valence-electron chi connectivity index (χ3n) is 1.80. The lowest BCUT2D eigenvalue weighted by Crippen LogP contribution is -2.41. The number of primary amides is 1. The molecule has 0 spiro atoms. The predicted octanol–water partition coefficient (Wildman–Crippen LogP) is -0.435. The maximum atomic E-state index is 10.7. The number of carbonyl (C=O) groups excluding carboxylic acids is 1. The van der Waals surface area contributed by atoms with Crippen LogP contribution in [-0.4, -0.2) is 42.2 Å². The lowest BCUT2D eigenvalue weighted by Gasteiger charge is -2.19. The van der Waals surface area contributed by atoms with Gasteiger partial charge >= 0.3 is 0 Å². The zero-order valence-corrected chi connectivity index (χ0v) is 8.00. The van der Waals surface area contributed by atoms with Crippen LogP contribution < -0.4 is 5.73 Å². The van der Waals surface area contributed by atoms with Gasteiger partial charge < -0.3 is 15.7 Å². The average molecular weight is 174 g/mol. The van der Waals surface area contributed by atoms with Gasteiger partial charge in [-0.25, -0.2) is 0 Å². The Hall–Kier alpha value is -0.610. The number of rotatable bonds is 5. The van der Waals surface area contributed by atoms with E-state index in [9.17, 15) is 9.90 Å². The molecule has 1 atom stereocenters. The Labute approximate surface area is 73.3 Å². The average Bonchev–Trinajstić information content (AvgIpc) is 1.85. The van der Waals surface area contributed by atoms with Gasteiger partial charge in [0.15, 0.2) is 0 Å². The lowest BCUT2D eigenvalue weighted by atomic mass is 10.00. The minimum Gasteiger partial charge on any atom is -0.380 e. The van der Waals surface area contributed by atoms with Crippen molar-refractivity contribution < 1.29 is 9.90 Å². The highest BCUT2D eigenvalue weighted by Crippen LogP contribution is 2.10. The van der Waals surface area contributed by atoms with Crippen molar-refractivity contribution in [2.75, 3.05) is 20.6 Å². The summed E-state index contributed by atoms with van der Waals surface area (Å²) < 4.78 is 0. The number of nitrogens with zero attached hydrogens (tertiary/aromatic N) is 1. The van der Waals surface area contributed by atoms with E-state index in [1.165, 1.54) is 6.92 Å². The SMILES string of the molecule is CN(C)CCC[C@](C)(O)C(N)=O. The third-order valence-corrected chi connectivity index (χ3v) is 1.80. The van der Waals surface area contributed by atoms with Crippen molar-refractivity contribution in [3.63, 3.8) is 0 Å². The standard InChI is InChI=1S/C8H18N2O2/c1-8(12,7(9)11)5-4-6-10(2)3/h12H,4-6H2,1-3H3,(H2,9,11)/t8-/m0/s1. The van der Waals surface area contributed by atoms with Crippen LogP contribution in [0.15, 0.2) is 0 Å². The molecule has 0 fully saturated rings. The van der Waals surface area contributed by atoms with Crippen LogP contribution in [-0.2, 0) is 4.79 Å². The molecule has 1 amide bonds. The molecule has 12 heavy (non-hydrogen) atoms. The van der Waals surface area contributed by atoms with E-state index >= 15 is 0 Å². The van der Waals surface area contributed by atoms with Gasteiger partial charge in [0.2, 0.25) is 5.91 Å². The summed E-state index contributed by atoms with van der Waals surface area (Å²) in [4.78, 5) is 12.7. The van der Waals surface area contributed by atoms with Crippen molar-refractivity contribution >= 4 is 5.91 Å². The second-order valence-electron chi connectivity index (χ2n) is 3.54. The summed E-state index contributed by atoms with van der Waals surface area (Å²) in [7, 11) is 3.89. The third kappa shape index (κ3) is 4.31. The van der Waals surface area contributed by atoms with E-state index in [1.54, 1.807) is 0 Å². The van der Waals surface area contributed by atoms with Gasteiger partial charge in [-0.05, 0) is 40.4 Å². The normalized spacial score (nSPS) is 16.1. The highest BCUT2D eigenvalue weighted by atomic mass is 16.3. The van der Waals surface area contributed by atoms with Crippen LogP contribution >= 0.6 is 0 Å². The molecule has 3 N–H and O–H groups in total. The van der Waals surface area contributed by atoms with Gasteiger partial charge in [0.1, 0.15) is 5.60 Å². The maximum Gasteiger partial charge on any atom is 0.249 e. The molecule has 0 saturated carbocycles. The molecule has 72 valence electrons. The molecular formula is C8H18N2O2. The van der Waals surface area contributed by atoms with E-state index < -0.39 is 11.5 Å². The quantitative estimate of drug-likeness (QED) is 0.594. The van der Waals surface area contributed by atoms with Crippen LogP contribution in [0.5, 0.6) is 0 Å². The Morgan fingerprint density at radius 2 is 2.08 bits per heavy atom. The molecule has 4 nitrogen and oxygen atoms in total. The van der Waals surface area contributed by atoms with Crippen LogP contribution in [0.1, 0.15) is 19.8 Å². The Balaban J connectivity index is 3.69. The Morgan fingerprint density at radius 1 is 1.58 bits per heavy atom. The summed E-state index contributed by atoms with van der Waals surface area (Å²) in [5.74, 6) is -0.652. The zero-order chi connectivity index (χ0) is 9.78. The molecule has 0 unspecified atom stereocenters. The first-order chi connectivity index (χ1) is 5.36. The van der Waals surface area contributed by atoms with Crippen LogP contribution in [0.4, 0.5) is 0 Å². The van der Waals surface area contributed by atoms with Crippen molar-refractivity contribution in [2.45, 2.75) is 25.4 Å². The number of nitrogens with two attached hydrogens (primary N) is 1. The Kier molecular flexibility index (Phi) is 4.20. The lowest BCUT2D eigenvalue weighted by molar-refractivity contribution is -0.135. The second-order valence-corrected chi connectivity index (χ2v) is 3.54. The second kappa shape index (κ2) is 4.42. The molecule has 0 rings (SSSR count). The van der Waals surface area contributed by atoms with Crippen LogP contribution in [0, 0.1) is 0 Å². The van der Waals surface area contributed by atoms with E-state index in [-0.39, 0.29) is 0 Å². The Morgan fingerprint density at radius 3 is 2.42 bits per heavy atom. The monoisotopic (exact) mass is 174 g/mol. The van der Waals surface area contributed by atoms with Gasteiger partial charge in [0, 0.05) is 0 Å². The van der Waals surface area contributed by atoms with Gasteiger partial charge in [0.25, 0.3) is 0 Å². The molecule has 0 aromatic rings. The molecule has 0 aromatic carbocycles. The van der Waals surface area contributed by atoms with Gasteiger partial charge in [-0.1, -0.05) is 0 Å². The first-order valence-corrected chi connectivity index (χ1v) is 4.03. The van der Waals surface area contributed by atoms with E-state index in [2.05, 4.69) is 0 Å². The first-order valence-electron chi connectivity index (χ1n) is 4.03. The maximum absolute atomic E-state index is 10.7. The molecule has 0 bridgehead atoms. The first kappa shape index (κ1) is 11.4. The number of aliphatic hydroxyl groups is 1. The largest absolute Gasteiger partial charge is 0.380 e. The minimum absolute atomic E-state index is 0.417. The molecule has 0 aromatic heterocycles. The molecule has 0 saturated heterocycles. The number of carbonyl (C=O) groups is 1. The fourth-order valence-electron chi connectivity index (χ4n) is 0.863. The summed E-state index contributed by atoms with van der Waals surface area (Å²) in [6.45, 7) is 2.30. The van der Waals surface area contributed by atoms with Crippen molar-refractivity contribution in [1.82, 2.24) is 4.90 Å². The van der Waals surface area contributed by atoms with Gasteiger partial charge in [-0.15, -0.1) is 0 Å². The van der Waals surface area contributed by atoms with Gasteiger partial charge in [0.05, 0.1) is 0 Å². The van der Waals surface area contributed by atoms with Crippen molar-refractivity contribution in [1.29, 1.82) is 0 Å². The number of amides is 1. The van der Waals surface area contributed by atoms with Crippen LogP contribution in [0.25, 0.3) is 0 Å². The predicted molar refractivity (Wildman–Crippen MR) is 47.6 cm³/mol. The summed E-state index contributed by atoms with van der Waals surface area (Å²) >= 11 is 0. The van der Waals surface area contributed by atoms with E-state index in [0.29, 0.717) is 6.42 Å². The van der Waals surface area contributed by atoms with Crippen molar-refractivity contribution in [2.24, 2.45) is 5.73 Å². The van der Waals surface area contributed by atoms with E-state index in [4.69, 9.17) is 5.73 Å². The fraction of sp³-hybridized carbons (Fsp3) is 0.875. The minimum atomic E-state index is -1.35. The molecular weight excluding hydrogens is 156 g/mol. The highest BCUT2D eigenvalue weighted by molar-refractivity contribution is 5.82.